The van der Waals surface area contributed by atoms with Gasteiger partial charge in [0.2, 0.25) is 5.76 Å². The van der Waals surface area contributed by atoms with Gasteiger partial charge in [0, 0.05) is 0 Å². The Hall–Kier alpha value is -1.29. The highest BCUT2D eigenvalue weighted by Gasteiger charge is 2.31. The molecule has 1 fully saturated rings. The Labute approximate surface area is 95.0 Å². The molecule has 0 aliphatic heterocycles. The molecule has 2 rings (SSSR count). The topological polar surface area (TPSA) is 51.5 Å². The van der Waals surface area contributed by atoms with Gasteiger partial charge in [-0.1, -0.05) is 6.92 Å². The number of esters is 1. The van der Waals surface area contributed by atoms with E-state index in [-0.39, 0.29) is 5.76 Å². The van der Waals surface area contributed by atoms with Crippen LogP contribution < -0.4 is 5.32 Å². The molecule has 4 heteroatoms. The lowest BCUT2D eigenvalue weighted by atomic mass is 10.3. The molecule has 4 nitrogen and oxygen atoms in total. The Morgan fingerprint density at radius 3 is 3.00 bits per heavy atom. The van der Waals surface area contributed by atoms with Crippen LogP contribution in [0.25, 0.3) is 0 Å². The largest absolute Gasteiger partial charge is 0.463 e. The predicted octanol–water partition coefficient (Wildman–Crippen LogP) is 1.81. The molecule has 1 aliphatic carbocycles. The number of hydrogen-bond donors (Lipinski definition) is 1. The van der Waals surface area contributed by atoms with E-state index in [1.54, 1.807) is 12.1 Å². The molecule has 0 saturated heterocycles. The molecule has 1 N–H and O–H groups in total. The summed E-state index contributed by atoms with van der Waals surface area (Å²) in [4.78, 5) is 11.1. The smallest absolute Gasteiger partial charge is 0.373 e. The Morgan fingerprint density at radius 1 is 1.62 bits per heavy atom. The van der Waals surface area contributed by atoms with Crippen molar-refractivity contribution in [2.24, 2.45) is 11.8 Å². The average Bonchev–Trinajstić information content (AvgIpc) is 2.81. The van der Waals surface area contributed by atoms with Gasteiger partial charge in [0.05, 0.1) is 13.7 Å². The number of furan rings is 1. The van der Waals surface area contributed by atoms with Crippen molar-refractivity contribution in [1.29, 1.82) is 0 Å². The van der Waals surface area contributed by atoms with Crippen molar-refractivity contribution in [3.63, 3.8) is 0 Å². The van der Waals surface area contributed by atoms with Crippen LogP contribution in [0.1, 0.15) is 29.7 Å². The van der Waals surface area contributed by atoms with E-state index in [0.29, 0.717) is 6.54 Å². The third-order valence-corrected chi connectivity index (χ3v) is 3.03. The molecular weight excluding hydrogens is 206 g/mol. The number of carbonyl (C=O) groups is 1. The third kappa shape index (κ3) is 2.64. The Morgan fingerprint density at radius 2 is 2.38 bits per heavy atom. The van der Waals surface area contributed by atoms with Gasteiger partial charge < -0.3 is 14.5 Å². The van der Waals surface area contributed by atoms with Gasteiger partial charge in [-0.05, 0) is 36.9 Å². The van der Waals surface area contributed by atoms with Crippen molar-refractivity contribution >= 4 is 5.97 Å². The van der Waals surface area contributed by atoms with Crippen molar-refractivity contribution in [3.05, 3.63) is 23.7 Å². The van der Waals surface area contributed by atoms with Gasteiger partial charge >= 0.3 is 5.97 Å². The Bertz CT molecular complexity index is 372. The zero-order valence-electron chi connectivity index (χ0n) is 9.66. The quantitative estimate of drug-likeness (QED) is 0.773. The molecule has 88 valence electrons. The maximum atomic E-state index is 11.1. The summed E-state index contributed by atoms with van der Waals surface area (Å²) in [6.07, 6.45) is 1.32. The first-order valence-electron chi connectivity index (χ1n) is 5.58. The highest BCUT2D eigenvalue weighted by molar-refractivity contribution is 5.86. The zero-order chi connectivity index (χ0) is 11.5. The second-order valence-electron chi connectivity index (χ2n) is 4.36. The minimum Gasteiger partial charge on any atom is -0.463 e. The molecule has 1 aromatic heterocycles. The van der Waals surface area contributed by atoms with Crippen LogP contribution in [0, 0.1) is 11.8 Å². The molecule has 2 unspecified atom stereocenters. The van der Waals surface area contributed by atoms with Gasteiger partial charge in [-0.15, -0.1) is 0 Å². The van der Waals surface area contributed by atoms with Gasteiger partial charge in [0.15, 0.2) is 0 Å². The third-order valence-electron chi connectivity index (χ3n) is 3.03. The molecule has 2 atom stereocenters. The van der Waals surface area contributed by atoms with E-state index in [0.717, 1.165) is 24.1 Å². The maximum Gasteiger partial charge on any atom is 0.373 e. The number of ether oxygens (including phenoxy) is 1. The van der Waals surface area contributed by atoms with Gasteiger partial charge in [0.1, 0.15) is 5.76 Å². The molecule has 0 bridgehead atoms. The number of carbonyl (C=O) groups excluding carboxylic acids is 1. The van der Waals surface area contributed by atoms with E-state index >= 15 is 0 Å². The van der Waals surface area contributed by atoms with Crippen molar-refractivity contribution < 1.29 is 13.9 Å². The van der Waals surface area contributed by atoms with Crippen molar-refractivity contribution in [1.82, 2.24) is 5.32 Å². The van der Waals surface area contributed by atoms with Crippen LogP contribution >= 0.6 is 0 Å². The van der Waals surface area contributed by atoms with Gasteiger partial charge in [-0.25, -0.2) is 4.79 Å². The summed E-state index contributed by atoms with van der Waals surface area (Å²) in [7, 11) is 1.34. The van der Waals surface area contributed by atoms with Crippen molar-refractivity contribution in [2.75, 3.05) is 13.7 Å². The highest BCUT2D eigenvalue weighted by Crippen LogP contribution is 2.36. The first kappa shape index (κ1) is 11.2. The van der Waals surface area contributed by atoms with Crippen LogP contribution in [0.4, 0.5) is 0 Å². The number of methoxy groups -OCH3 is 1. The van der Waals surface area contributed by atoms with Crippen molar-refractivity contribution in [2.45, 2.75) is 19.9 Å². The fourth-order valence-corrected chi connectivity index (χ4v) is 1.75. The summed E-state index contributed by atoms with van der Waals surface area (Å²) in [5.41, 5.74) is 0. The highest BCUT2D eigenvalue weighted by atomic mass is 16.5. The van der Waals surface area contributed by atoms with Crippen LogP contribution in [0.5, 0.6) is 0 Å². The van der Waals surface area contributed by atoms with Gasteiger partial charge in [-0.3, -0.25) is 0 Å². The lowest BCUT2D eigenvalue weighted by molar-refractivity contribution is 0.0563. The van der Waals surface area contributed by atoms with Gasteiger partial charge in [0.25, 0.3) is 0 Å². The van der Waals surface area contributed by atoms with E-state index in [1.165, 1.54) is 13.5 Å². The van der Waals surface area contributed by atoms with Crippen LogP contribution in [0.3, 0.4) is 0 Å². The van der Waals surface area contributed by atoms with Crippen LogP contribution in [0.2, 0.25) is 0 Å². The molecule has 1 aromatic rings. The molecule has 0 spiro atoms. The molecule has 0 aromatic carbocycles. The normalized spacial score (nSPS) is 23.1. The molecule has 1 saturated carbocycles. The molecular formula is C12H17NO3. The second kappa shape index (κ2) is 4.70. The van der Waals surface area contributed by atoms with E-state index in [2.05, 4.69) is 17.0 Å². The lowest BCUT2D eigenvalue weighted by Crippen LogP contribution is -2.16. The summed E-state index contributed by atoms with van der Waals surface area (Å²) in [6.45, 7) is 3.95. The predicted molar refractivity (Wildman–Crippen MR) is 59.0 cm³/mol. The zero-order valence-corrected chi connectivity index (χ0v) is 9.66. The first-order chi connectivity index (χ1) is 7.70. The summed E-state index contributed by atoms with van der Waals surface area (Å²) >= 11 is 0. The average molecular weight is 223 g/mol. The van der Waals surface area contributed by atoms with E-state index in [9.17, 15) is 4.79 Å². The minimum atomic E-state index is -0.429. The van der Waals surface area contributed by atoms with E-state index in [4.69, 9.17) is 4.42 Å². The van der Waals surface area contributed by atoms with Crippen molar-refractivity contribution in [3.8, 4) is 0 Å². The fourth-order valence-electron chi connectivity index (χ4n) is 1.75. The molecule has 0 radical (unpaired) electrons. The first-order valence-corrected chi connectivity index (χ1v) is 5.58. The number of rotatable bonds is 5. The maximum absolute atomic E-state index is 11.1. The SMILES string of the molecule is COC(=O)c1ccc(CNCC2CC2C)o1. The Kier molecular flexibility index (Phi) is 3.29. The lowest BCUT2D eigenvalue weighted by Gasteiger charge is -2.00. The molecule has 1 heterocycles. The van der Waals surface area contributed by atoms with E-state index < -0.39 is 5.97 Å². The van der Waals surface area contributed by atoms with Gasteiger partial charge in [-0.2, -0.15) is 0 Å². The Balaban J connectivity index is 1.76. The summed E-state index contributed by atoms with van der Waals surface area (Å²) in [5.74, 6) is 2.28. The summed E-state index contributed by atoms with van der Waals surface area (Å²) in [6, 6.07) is 3.44. The van der Waals surface area contributed by atoms with Crippen LogP contribution in [-0.2, 0) is 11.3 Å². The molecule has 1 aliphatic rings. The fraction of sp³-hybridized carbons (Fsp3) is 0.583. The standard InChI is InChI=1S/C12H17NO3/c1-8-5-9(8)6-13-7-10-3-4-11(16-10)12(14)15-2/h3-4,8-9,13H,5-7H2,1-2H3. The van der Waals surface area contributed by atoms with E-state index in [1.807, 2.05) is 0 Å². The number of nitrogens with one attached hydrogen (secondary N) is 1. The minimum absolute atomic E-state index is 0.263. The van der Waals surface area contributed by atoms with Crippen LogP contribution in [0.15, 0.2) is 16.5 Å². The summed E-state index contributed by atoms with van der Waals surface area (Å²) < 4.78 is 9.89. The summed E-state index contributed by atoms with van der Waals surface area (Å²) in [5, 5.41) is 3.32. The molecule has 16 heavy (non-hydrogen) atoms. The molecule has 0 amide bonds. The number of hydrogen-bond acceptors (Lipinski definition) is 4. The second-order valence-corrected chi connectivity index (χ2v) is 4.36. The van der Waals surface area contributed by atoms with Crippen LogP contribution in [-0.4, -0.2) is 19.6 Å². The monoisotopic (exact) mass is 223 g/mol.